The standard InChI is InChI=1S/C26H28ClN7O2S2/c1-18-5-6-20(27)14-22(18)34-24(19-4-2-7-28-15-19)31-32-26(34)38-17-23-30-21(16-37-23)25(35)29-8-3-9-33-10-12-36-13-11-33/h2,4-7,14-16H,3,8-13,17H2,1H3,(H,29,35). The number of carbonyl (C=O) groups is 1. The smallest absolute Gasteiger partial charge is 0.270 e. The van der Waals surface area contributed by atoms with E-state index in [0.717, 1.165) is 61.1 Å². The lowest BCUT2D eigenvalue weighted by atomic mass is 10.2. The Labute approximate surface area is 234 Å². The molecule has 0 bridgehead atoms. The number of ether oxygens (including phenoxy) is 1. The molecule has 1 saturated heterocycles. The minimum absolute atomic E-state index is 0.143. The van der Waals surface area contributed by atoms with E-state index in [2.05, 4.69) is 30.4 Å². The van der Waals surface area contributed by atoms with Crippen molar-refractivity contribution in [1.29, 1.82) is 0 Å². The number of thiazole rings is 1. The first kappa shape index (κ1) is 26.8. The summed E-state index contributed by atoms with van der Waals surface area (Å²) < 4.78 is 7.37. The van der Waals surface area contributed by atoms with Crippen molar-refractivity contribution in [2.24, 2.45) is 0 Å². The first-order chi connectivity index (χ1) is 18.6. The molecule has 5 rings (SSSR count). The Balaban J connectivity index is 1.24. The van der Waals surface area contributed by atoms with Crippen LogP contribution in [0, 0.1) is 6.92 Å². The van der Waals surface area contributed by atoms with Gasteiger partial charge in [0, 0.05) is 48.0 Å². The molecular formula is C26H28ClN7O2S2. The van der Waals surface area contributed by atoms with Crippen molar-refractivity contribution in [2.75, 3.05) is 39.4 Å². The van der Waals surface area contributed by atoms with Gasteiger partial charge < -0.3 is 10.1 Å². The van der Waals surface area contributed by atoms with Gasteiger partial charge in [-0.25, -0.2) is 4.98 Å². The van der Waals surface area contributed by atoms with Crippen molar-refractivity contribution in [2.45, 2.75) is 24.3 Å². The molecule has 0 atom stereocenters. The number of amides is 1. The lowest BCUT2D eigenvalue weighted by Crippen LogP contribution is -2.38. The van der Waals surface area contributed by atoms with Crippen LogP contribution in [0.15, 0.2) is 53.3 Å². The van der Waals surface area contributed by atoms with Gasteiger partial charge in [0.1, 0.15) is 10.7 Å². The second kappa shape index (κ2) is 12.8. The maximum Gasteiger partial charge on any atom is 0.270 e. The molecule has 3 aromatic heterocycles. The van der Waals surface area contributed by atoms with Gasteiger partial charge in [0.05, 0.1) is 24.7 Å². The van der Waals surface area contributed by atoms with E-state index in [9.17, 15) is 4.79 Å². The number of halogens is 1. The van der Waals surface area contributed by atoms with E-state index in [4.69, 9.17) is 16.3 Å². The zero-order valence-corrected chi connectivity index (χ0v) is 23.4. The van der Waals surface area contributed by atoms with Gasteiger partial charge in [-0.2, -0.15) is 0 Å². The van der Waals surface area contributed by atoms with Crippen molar-refractivity contribution in [3.05, 3.63) is 69.4 Å². The molecule has 1 N–H and O–H groups in total. The number of hydrogen-bond donors (Lipinski definition) is 1. The van der Waals surface area contributed by atoms with Crippen LogP contribution in [-0.4, -0.2) is 74.9 Å². The number of aromatic nitrogens is 5. The highest BCUT2D eigenvalue weighted by Gasteiger charge is 2.19. The number of nitrogens with one attached hydrogen (secondary N) is 1. The van der Waals surface area contributed by atoms with Gasteiger partial charge >= 0.3 is 0 Å². The van der Waals surface area contributed by atoms with E-state index < -0.39 is 0 Å². The topological polar surface area (TPSA) is 98.1 Å². The van der Waals surface area contributed by atoms with Crippen LogP contribution >= 0.6 is 34.7 Å². The molecule has 1 amide bonds. The second-order valence-corrected chi connectivity index (χ2v) is 11.1. The van der Waals surface area contributed by atoms with Crippen molar-refractivity contribution >= 4 is 40.6 Å². The Bertz CT molecular complexity index is 1370. The molecule has 0 saturated carbocycles. The first-order valence-electron chi connectivity index (χ1n) is 12.4. The SMILES string of the molecule is Cc1ccc(Cl)cc1-n1c(SCc2nc(C(=O)NCCCN3CCOCC3)cs2)nnc1-c1cccnc1. The fourth-order valence-electron chi connectivity index (χ4n) is 4.11. The number of rotatable bonds is 10. The maximum atomic E-state index is 12.6. The third kappa shape index (κ3) is 6.59. The highest BCUT2D eigenvalue weighted by molar-refractivity contribution is 7.98. The number of aryl methyl sites for hydroxylation is 1. The van der Waals surface area contributed by atoms with E-state index in [-0.39, 0.29) is 5.91 Å². The summed E-state index contributed by atoms with van der Waals surface area (Å²) in [6.07, 6.45) is 4.39. The van der Waals surface area contributed by atoms with Crippen LogP contribution in [0.2, 0.25) is 5.02 Å². The van der Waals surface area contributed by atoms with Crippen LogP contribution in [0.3, 0.4) is 0 Å². The zero-order chi connectivity index (χ0) is 26.3. The number of pyridine rings is 1. The largest absolute Gasteiger partial charge is 0.379 e. The van der Waals surface area contributed by atoms with Gasteiger partial charge in [-0.3, -0.25) is 19.2 Å². The molecule has 0 spiro atoms. The summed E-state index contributed by atoms with van der Waals surface area (Å²) in [6.45, 7) is 7.08. The van der Waals surface area contributed by atoms with Crippen molar-refractivity contribution in [3.63, 3.8) is 0 Å². The summed E-state index contributed by atoms with van der Waals surface area (Å²) in [5, 5.41) is 15.9. The molecule has 38 heavy (non-hydrogen) atoms. The van der Waals surface area contributed by atoms with E-state index in [0.29, 0.717) is 34.0 Å². The molecule has 1 aliphatic heterocycles. The highest BCUT2D eigenvalue weighted by Crippen LogP contribution is 2.32. The quantitative estimate of drug-likeness (QED) is 0.220. The lowest BCUT2D eigenvalue weighted by molar-refractivity contribution is 0.0374. The summed E-state index contributed by atoms with van der Waals surface area (Å²) in [5.41, 5.74) is 3.25. The average Bonchev–Trinajstić information content (AvgIpc) is 3.60. The number of benzene rings is 1. The fraction of sp³-hybridized carbons (Fsp3) is 0.346. The minimum atomic E-state index is -0.143. The Hall–Kier alpha value is -2.83. The van der Waals surface area contributed by atoms with E-state index in [1.54, 1.807) is 17.8 Å². The van der Waals surface area contributed by atoms with Gasteiger partial charge in [0.2, 0.25) is 0 Å². The molecule has 4 aromatic rings. The highest BCUT2D eigenvalue weighted by atomic mass is 35.5. The van der Waals surface area contributed by atoms with Gasteiger partial charge in [0.15, 0.2) is 11.0 Å². The van der Waals surface area contributed by atoms with Crippen LogP contribution in [0.5, 0.6) is 0 Å². The molecule has 12 heteroatoms. The molecule has 1 aromatic carbocycles. The van der Waals surface area contributed by atoms with Gasteiger partial charge in [-0.15, -0.1) is 21.5 Å². The molecule has 0 radical (unpaired) electrons. The van der Waals surface area contributed by atoms with Gasteiger partial charge in [0.25, 0.3) is 5.91 Å². The fourth-order valence-corrected chi connectivity index (χ4v) is 6.02. The number of morpholine rings is 1. The Kier molecular flexibility index (Phi) is 9.02. The number of hydrogen-bond acceptors (Lipinski definition) is 9. The summed E-state index contributed by atoms with van der Waals surface area (Å²) >= 11 is 9.33. The number of thioether (sulfide) groups is 1. The lowest BCUT2D eigenvalue weighted by Gasteiger charge is -2.26. The first-order valence-corrected chi connectivity index (χ1v) is 14.6. The normalized spacial score (nSPS) is 14.1. The molecule has 1 fully saturated rings. The van der Waals surface area contributed by atoms with E-state index in [1.807, 2.05) is 41.8 Å². The molecule has 0 aliphatic carbocycles. The third-order valence-electron chi connectivity index (χ3n) is 6.11. The maximum absolute atomic E-state index is 12.6. The molecular weight excluding hydrogens is 542 g/mol. The Morgan fingerprint density at radius 3 is 2.92 bits per heavy atom. The number of carbonyl (C=O) groups excluding carboxylic acids is 1. The van der Waals surface area contributed by atoms with Crippen molar-refractivity contribution in [3.8, 4) is 17.1 Å². The zero-order valence-electron chi connectivity index (χ0n) is 21.0. The Morgan fingerprint density at radius 1 is 1.24 bits per heavy atom. The Morgan fingerprint density at radius 2 is 2.11 bits per heavy atom. The summed E-state index contributed by atoms with van der Waals surface area (Å²) in [6, 6.07) is 9.58. The van der Waals surface area contributed by atoms with Crippen LogP contribution in [0.4, 0.5) is 0 Å². The predicted molar refractivity (Wildman–Crippen MR) is 150 cm³/mol. The average molecular weight is 570 g/mol. The predicted octanol–water partition coefficient (Wildman–Crippen LogP) is 4.49. The van der Waals surface area contributed by atoms with Crippen LogP contribution in [0.1, 0.15) is 27.5 Å². The van der Waals surface area contributed by atoms with E-state index >= 15 is 0 Å². The second-order valence-electron chi connectivity index (χ2n) is 8.79. The van der Waals surface area contributed by atoms with Crippen LogP contribution in [-0.2, 0) is 10.5 Å². The minimum Gasteiger partial charge on any atom is -0.379 e. The third-order valence-corrected chi connectivity index (χ3v) is 8.32. The monoisotopic (exact) mass is 569 g/mol. The van der Waals surface area contributed by atoms with Crippen molar-refractivity contribution < 1.29 is 9.53 Å². The van der Waals surface area contributed by atoms with E-state index in [1.165, 1.54) is 23.1 Å². The van der Waals surface area contributed by atoms with Crippen molar-refractivity contribution in [1.82, 2.24) is 34.9 Å². The summed E-state index contributed by atoms with van der Waals surface area (Å²) in [5.74, 6) is 1.10. The molecule has 1 aliphatic rings. The molecule has 4 heterocycles. The number of nitrogens with zero attached hydrogens (tertiary/aromatic N) is 6. The molecule has 9 nitrogen and oxygen atoms in total. The summed E-state index contributed by atoms with van der Waals surface area (Å²) in [7, 11) is 0. The van der Waals surface area contributed by atoms with Crippen LogP contribution < -0.4 is 5.32 Å². The van der Waals surface area contributed by atoms with Crippen LogP contribution in [0.25, 0.3) is 17.1 Å². The van der Waals surface area contributed by atoms with Gasteiger partial charge in [-0.05, 0) is 49.7 Å². The molecule has 198 valence electrons. The van der Waals surface area contributed by atoms with Gasteiger partial charge in [-0.1, -0.05) is 29.4 Å². The molecule has 0 unspecified atom stereocenters. The summed E-state index contributed by atoms with van der Waals surface area (Å²) in [4.78, 5) is 23.8.